The van der Waals surface area contributed by atoms with Gasteiger partial charge in [-0.25, -0.2) is 8.42 Å². The first-order valence-electron chi connectivity index (χ1n) is 12.5. The summed E-state index contributed by atoms with van der Waals surface area (Å²) < 4.78 is 34.5. The summed E-state index contributed by atoms with van der Waals surface area (Å²) in [6.45, 7) is 3.33. The van der Waals surface area contributed by atoms with E-state index in [0.29, 0.717) is 12.0 Å². The Hall–Kier alpha value is -1.69. The molecule has 0 amide bonds. The summed E-state index contributed by atoms with van der Waals surface area (Å²) in [5.74, 6) is 0. The zero-order chi connectivity index (χ0) is 24.6. The van der Waals surface area contributed by atoms with Crippen LogP contribution in [0.4, 0.5) is 0 Å². The number of hydrogen-bond donors (Lipinski definition) is 0. The Balaban J connectivity index is 0.000000412. The van der Waals surface area contributed by atoms with Crippen LogP contribution in [0.1, 0.15) is 82.3 Å². The van der Waals surface area contributed by atoms with Gasteiger partial charge in [0.15, 0.2) is 0 Å². The number of hydrogen-bond acceptors (Lipinski definition) is 3. The molecule has 0 atom stereocenters. The van der Waals surface area contributed by atoms with Crippen LogP contribution in [0, 0.1) is 0 Å². The van der Waals surface area contributed by atoms with E-state index in [2.05, 4.69) is 58.4 Å². The fraction of sp³-hybridized carbons (Fsp3) is 0.571. The van der Waals surface area contributed by atoms with Crippen molar-refractivity contribution in [1.29, 1.82) is 0 Å². The van der Waals surface area contributed by atoms with Gasteiger partial charge in [0.25, 0.3) is 0 Å². The fourth-order valence-corrected chi connectivity index (χ4v) is 4.62. The quantitative estimate of drug-likeness (QED) is 0.169. The molecule has 2 aromatic rings. The molecule has 0 bridgehead atoms. The summed E-state index contributed by atoms with van der Waals surface area (Å²) in [5.41, 5.74) is 2.07. The second-order valence-electron chi connectivity index (χ2n) is 9.93. The molecule has 33 heavy (non-hydrogen) atoms. The van der Waals surface area contributed by atoms with E-state index in [0.717, 1.165) is 23.9 Å². The Morgan fingerprint density at radius 3 is 1.70 bits per heavy atom. The van der Waals surface area contributed by atoms with Crippen molar-refractivity contribution >= 4 is 10.1 Å². The van der Waals surface area contributed by atoms with Gasteiger partial charge in [0.1, 0.15) is 16.7 Å². The maximum absolute atomic E-state index is 11.2. The van der Waals surface area contributed by atoms with Crippen LogP contribution in [-0.4, -0.2) is 38.6 Å². The van der Waals surface area contributed by atoms with Gasteiger partial charge in [0, 0.05) is 5.56 Å². The van der Waals surface area contributed by atoms with Crippen molar-refractivity contribution in [2.45, 2.75) is 89.0 Å². The molecule has 0 spiro atoms. The van der Waals surface area contributed by atoms with E-state index >= 15 is 0 Å². The van der Waals surface area contributed by atoms with Crippen molar-refractivity contribution in [3.8, 4) is 0 Å². The number of rotatable bonds is 14. The second-order valence-corrected chi connectivity index (χ2v) is 11.3. The minimum atomic E-state index is -4.35. The van der Waals surface area contributed by atoms with Crippen molar-refractivity contribution < 1.29 is 17.5 Å². The van der Waals surface area contributed by atoms with Gasteiger partial charge in [-0.15, -0.1) is 0 Å². The summed E-state index contributed by atoms with van der Waals surface area (Å²) in [4.78, 5) is -0.0501. The molecule has 0 radical (unpaired) electrons. The molecule has 2 aromatic carbocycles. The minimum Gasteiger partial charge on any atom is -0.744 e. The molecular weight excluding hydrogens is 430 g/mol. The number of unbranched alkanes of at least 4 members (excludes halogenated alkanes) is 9. The zero-order valence-electron chi connectivity index (χ0n) is 21.3. The van der Waals surface area contributed by atoms with Crippen LogP contribution in [-0.2, 0) is 23.1 Å². The molecule has 0 aromatic heterocycles. The van der Waals surface area contributed by atoms with E-state index in [9.17, 15) is 13.0 Å². The van der Waals surface area contributed by atoms with Gasteiger partial charge in [-0.3, -0.25) is 0 Å². The van der Waals surface area contributed by atoms with Gasteiger partial charge in [-0.05, 0) is 24.5 Å². The summed E-state index contributed by atoms with van der Waals surface area (Å²) in [6, 6.07) is 17.1. The van der Waals surface area contributed by atoms with Crippen LogP contribution < -0.4 is 0 Å². The SMILES string of the molecule is CCCCCCCCCCCCc1ccccc1S(=O)(=O)[O-].C[N+](C)(C)Cc1ccccc1. The van der Waals surface area contributed by atoms with Crippen LogP contribution in [0.15, 0.2) is 59.5 Å². The molecule has 0 aliphatic heterocycles. The molecule has 0 N–H and O–H groups in total. The smallest absolute Gasteiger partial charge is 0.124 e. The van der Waals surface area contributed by atoms with E-state index < -0.39 is 10.1 Å². The molecular formula is C28H45NO3S. The normalized spacial score (nSPS) is 11.7. The molecule has 4 nitrogen and oxygen atoms in total. The van der Waals surface area contributed by atoms with Crippen molar-refractivity contribution in [2.75, 3.05) is 21.1 Å². The molecule has 0 saturated heterocycles. The van der Waals surface area contributed by atoms with Crippen LogP contribution >= 0.6 is 0 Å². The Bertz CT molecular complexity index is 858. The Morgan fingerprint density at radius 2 is 1.18 bits per heavy atom. The van der Waals surface area contributed by atoms with Gasteiger partial charge < -0.3 is 9.04 Å². The zero-order valence-corrected chi connectivity index (χ0v) is 22.1. The van der Waals surface area contributed by atoms with Crippen molar-refractivity contribution in [1.82, 2.24) is 0 Å². The summed E-state index contributed by atoms with van der Waals surface area (Å²) in [7, 11) is 2.26. The van der Waals surface area contributed by atoms with Crippen LogP contribution in [0.3, 0.4) is 0 Å². The Morgan fingerprint density at radius 1 is 0.697 bits per heavy atom. The van der Waals surface area contributed by atoms with E-state index in [1.54, 1.807) is 18.2 Å². The van der Waals surface area contributed by atoms with Gasteiger partial charge in [-0.1, -0.05) is 113 Å². The first kappa shape index (κ1) is 29.3. The van der Waals surface area contributed by atoms with E-state index in [-0.39, 0.29) is 4.90 Å². The number of quaternary nitrogens is 1. The molecule has 5 heteroatoms. The minimum absolute atomic E-state index is 0.0501. The van der Waals surface area contributed by atoms with Gasteiger partial charge >= 0.3 is 0 Å². The first-order valence-corrected chi connectivity index (χ1v) is 13.9. The van der Waals surface area contributed by atoms with Crippen molar-refractivity contribution in [3.05, 3.63) is 65.7 Å². The highest BCUT2D eigenvalue weighted by Crippen LogP contribution is 2.18. The fourth-order valence-electron chi connectivity index (χ4n) is 3.89. The highest BCUT2D eigenvalue weighted by atomic mass is 32.2. The Labute approximate surface area is 203 Å². The van der Waals surface area contributed by atoms with Crippen LogP contribution in [0.25, 0.3) is 0 Å². The molecule has 0 fully saturated rings. The average Bonchev–Trinajstić information content (AvgIpc) is 2.75. The number of aryl methyl sites for hydroxylation is 1. The monoisotopic (exact) mass is 475 g/mol. The maximum atomic E-state index is 11.2. The van der Waals surface area contributed by atoms with Crippen molar-refractivity contribution in [3.63, 3.8) is 0 Å². The third kappa shape index (κ3) is 14.9. The highest BCUT2D eigenvalue weighted by molar-refractivity contribution is 7.85. The number of benzene rings is 2. The predicted molar refractivity (Wildman–Crippen MR) is 138 cm³/mol. The van der Waals surface area contributed by atoms with Crippen molar-refractivity contribution in [2.24, 2.45) is 0 Å². The molecule has 0 aliphatic carbocycles. The second kappa shape index (κ2) is 16.0. The van der Waals surface area contributed by atoms with E-state index in [1.807, 2.05) is 0 Å². The highest BCUT2D eigenvalue weighted by Gasteiger charge is 2.08. The van der Waals surface area contributed by atoms with Gasteiger partial charge in [-0.2, -0.15) is 0 Å². The largest absolute Gasteiger partial charge is 0.744 e. The standard InChI is InChI=1S/C18H30O3S.C10H16N/c1-2-3-4-5-6-7-8-9-10-11-14-17-15-12-13-16-18(17)22(19,20)21;1-11(2,3)9-10-7-5-4-6-8-10/h12-13,15-16H,2-11,14H2,1H3,(H,19,20,21);4-8H,9H2,1-3H3/q;+1/p-1. The lowest BCUT2D eigenvalue weighted by Crippen LogP contribution is -2.33. The molecule has 186 valence electrons. The summed E-state index contributed by atoms with van der Waals surface area (Å²) in [6.07, 6.45) is 13.2. The third-order valence-corrected chi connectivity index (χ3v) is 6.48. The van der Waals surface area contributed by atoms with E-state index in [4.69, 9.17) is 0 Å². The first-order chi connectivity index (χ1) is 15.6. The maximum Gasteiger partial charge on any atom is 0.124 e. The summed E-state index contributed by atoms with van der Waals surface area (Å²) >= 11 is 0. The molecule has 0 saturated carbocycles. The lowest BCUT2D eigenvalue weighted by atomic mass is 10.0. The molecule has 0 heterocycles. The topological polar surface area (TPSA) is 57.2 Å². The molecule has 0 aliphatic rings. The third-order valence-electron chi connectivity index (χ3n) is 5.54. The van der Waals surface area contributed by atoms with Gasteiger partial charge in [0.2, 0.25) is 0 Å². The van der Waals surface area contributed by atoms with Crippen LogP contribution in [0.5, 0.6) is 0 Å². The van der Waals surface area contributed by atoms with E-state index in [1.165, 1.54) is 63.0 Å². The van der Waals surface area contributed by atoms with Gasteiger partial charge in [0.05, 0.1) is 26.0 Å². The Kier molecular flexibility index (Phi) is 14.2. The number of nitrogens with zero attached hydrogens (tertiary/aromatic N) is 1. The lowest BCUT2D eigenvalue weighted by Gasteiger charge is -2.23. The molecule has 2 rings (SSSR count). The lowest BCUT2D eigenvalue weighted by molar-refractivity contribution is -0.884. The average molecular weight is 476 g/mol. The summed E-state index contributed by atoms with van der Waals surface area (Å²) in [5, 5.41) is 0. The van der Waals surface area contributed by atoms with Crippen LogP contribution in [0.2, 0.25) is 0 Å². The molecule has 0 unspecified atom stereocenters. The predicted octanol–water partition coefficient (Wildman–Crippen LogP) is 6.95.